The Balaban J connectivity index is 1.84. The number of rotatable bonds is 4. The quantitative estimate of drug-likeness (QED) is 0.843. The first-order valence-electron chi connectivity index (χ1n) is 7.67. The highest BCUT2D eigenvalue weighted by Crippen LogP contribution is 2.13. The van der Waals surface area contributed by atoms with Crippen molar-refractivity contribution in [3.8, 4) is 0 Å². The van der Waals surface area contributed by atoms with Gasteiger partial charge in [-0.3, -0.25) is 9.69 Å². The monoisotopic (exact) mass is 274 g/mol. The van der Waals surface area contributed by atoms with Crippen molar-refractivity contribution in [2.45, 2.75) is 33.7 Å². The molecule has 0 aromatic heterocycles. The average Bonchev–Trinajstić information content (AvgIpc) is 2.46. The molecule has 1 heterocycles. The molecule has 0 aliphatic carbocycles. The molecular weight excluding hydrogens is 248 g/mol. The molecule has 1 aromatic carbocycles. The first-order chi connectivity index (χ1) is 9.60. The van der Waals surface area contributed by atoms with Gasteiger partial charge in [0.1, 0.15) is 0 Å². The summed E-state index contributed by atoms with van der Waals surface area (Å²) in [6.07, 6.45) is 0.933. The molecule has 1 atom stereocenters. The molecule has 0 bridgehead atoms. The Morgan fingerprint density at radius 1 is 1.25 bits per heavy atom. The second kappa shape index (κ2) is 6.89. The minimum Gasteiger partial charge on any atom is -0.340 e. The maximum absolute atomic E-state index is 12.1. The molecule has 2 rings (SSSR count). The molecule has 0 N–H and O–H groups in total. The lowest BCUT2D eigenvalue weighted by molar-refractivity contribution is -0.136. The predicted octanol–water partition coefficient (Wildman–Crippen LogP) is 2.69. The van der Waals surface area contributed by atoms with Gasteiger partial charge >= 0.3 is 0 Å². The molecule has 1 saturated heterocycles. The van der Waals surface area contributed by atoms with Gasteiger partial charge < -0.3 is 4.90 Å². The van der Waals surface area contributed by atoms with Gasteiger partial charge in [0.05, 0.1) is 0 Å². The highest BCUT2D eigenvalue weighted by molar-refractivity contribution is 5.78. The van der Waals surface area contributed by atoms with Crippen LogP contribution in [-0.2, 0) is 11.3 Å². The first-order valence-corrected chi connectivity index (χ1v) is 7.67. The number of hydrogen-bond donors (Lipinski definition) is 0. The number of aryl methyl sites for hydroxylation is 1. The molecule has 1 amide bonds. The Morgan fingerprint density at radius 3 is 2.55 bits per heavy atom. The fourth-order valence-electron chi connectivity index (χ4n) is 2.68. The minimum atomic E-state index is 0.165. The van der Waals surface area contributed by atoms with E-state index in [0.717, 1.165) is 39.1 Å². The van der Waals surface area contributed by atoms with Crippen molar-refractivity contribution in [1.29, 1.82) is 0 Å². The van der Waals surface area contributed by atoms with Crippen molar-refractivity contribution in [3.05, 3.63) is 35.4 Å². The average molecular weight is 274 g/mol. The molecule has 0 radical (unpaired) electrons. The normalized spacial score (nSPS) is 18.1. The Hall–Kier alpha value is -1.35. The van der Waals surface area contributed by atoms with E-state index in [4.69, 9.17) is 0 Å². The van der Waals surface area contributed by atoms with E-state index in [0.29, 0.717) is 5.91 Å². The Kier molecular flexibility index (Phi) is 5.18. The van der Waals surface area contributed by atoms with Gasteiger partial charge in [0.25, 0.3) is 0 Å². The highest BCUT2D eigenvalue weighted by Gasteiger charge is 2.23. The van der Waals surface area contributed by atoms with Gasteiger partial charge in [-0.15, -0.1) is 0 Å². The van der Waals surface area contributed by atoms with Crippen LogP contribution in [0.3, 0.4) is 0 Å². The van der Waals surface area contributed by atoms with Crippen LogP contribution in [0.4, 0.5) is 0 Å². The number of piperazine rings is 1. The van der Waals surface area contributed by atoms with Crippen LogP contribution in [0.2, 0.25) is 0 Å². The van der Waals surface area contributed by atoms with Crippen LogP contribution in [0, 0.1) is 12.8 Å². The fourth-order valence-corrected chi connectivity index (χ4v) is 2.68. The summed E-state index contributed by atoms with van der Waals surface area (Å²) in [5, 5.41) is 0. The third-order valence-corrected chi connectivity index (χ3v) is 4.21. The van der Waals surface area contributed by atoms with Crippen molar-refractivity contribution >= 4 is 5.91 Å². The maximum atomic E-state index is 12.1. The fraction of sp³-hybridized carbons (Fsp3) is 0.588. The molecule has 3 heteroatoms. The molecule has 1 aromatic rings. The van der Waals surface area contributed by atoms with E-state index in [9.17, 15) is 4.79 Å². The smallest absolute Gasteiger partial charge is 0.225 e. The minimum absolute atomic E-state index is 0.165. The van der Waals surface area contributed by atoms with Gasteiger partial charge in [0, 0.05) is 38.6 Å². The van der Waals surface area contributed by atoms with Crippen molar-refractivity contribution in [2.24, 2.45) is 5.92 Å². The lowest BCUT2D eigenvalue weighted by atomic mass is 10.1. The molecule has 0 spiro atoms. The van der Waals surface area contributed by atoms with E-state index in [1.165, 1.54) is 11.1 Å². The molecule has 0 saturated carbocycles. The van der Waals surface area contributed by atoms with E-state index in [1.807, 2.05) is 11.8 Å². The number of hydrogen-bond acceptors (Lipinski definition) is 2. The summed E-state index contributed by atoms with van der Waals surface area (Å²) in [4.78, 5) is 16.6. The summed E-state index contributed by atoms with van der Waals surface area (Å²) >= 11 is 0. The van der Waals surface area contributed by atoms with Crippen LogP contribution in [0.15, 0.2) is 24.3 Å². The first kappa shape index (κ1) is 15.0. The Bertz CT molecular complexity index is 450. The lowest BCUT2D eigenvalue weighted by Gasteiger charge is -2.36. The summed E-state index contributed by atoms with van der Waals surface area (Å²) in [6.45, 7) is 10.9. The van der Waals surface area contributed by atoms with Gasteiger partial charge in [-0.2, -0.15) is 0 Å². The largest absolute Gasteiger partial charge is 0.340 e. The van der Waals surface area contributed by atoms with Crippen LogP contribution in [0.5, 0.6) is 0 Å². The summed E-state index contributed by atoms with van der Waals surface area (Å²) in [7, 11) is 0. The Morgan fingerprint density at radius 2 is 1.95 bits per heavy atom. The summed E-state index contributed by atoms with van der Waals surface area (Å²) in [5.41, 5.74) is 2.68. The number of carbonyl (C=O) groups excluding carboxylic acids is 1. The van der Waals surface area contributed by atoms with Crippen molar-refractivity contribution in [2.75, 3.05) is 26.2 Å². The highest BCUT2D eigenvalue weighted by atomic mass is 16.2. The molecule has 1 aliphatic heterocycles. The van der Waals surface area contributed by atoms with E-state index in [1.54, 1.807) is 0 Å². The maximum Gasteiger partial charge on any atom is 0.225 e. The van der Waals surface area contributed by atoms with Gasteiger partial charge in [-0.1, -0.05) is 43.7 Å². The zero-order chi connectivity index (χ0) is 14.5. The van der Waals surface area contributed by atoms with Gasteiger partial charge in [0.2, 0.25) is 5.91 Å². The standard InChI is InChI=1S/C17H26N2O/c1-4-15(3)17(20)19-10-8-18(9-11-19)13-16-7-5-6-14(2)12-16/h5-7,12,15H,4,8-11,13H2,1-3H3. The van der Waals surface area contributed by atoms with Crippen molar-refractivity contribution in [3.63, 3.8) is 0 Å². The third-order valence-electron chi connectivity index (χ3n) is 4.21. The van der Waals surface area contributed by atoms with Gasteiger partial charge in [0.15, 0.2) is 0 Å². The summed E-state index contributed by atoms with van der Waals surface area (Å²) in [5.74, 6) is 0.487. The van der Waals surface area contributed by atoms with E-state index < -0.39 is 0 Å². The molecule has 1 unspecified atom stereocenters. The molecule has 1 aliphatic rings. The molecule has 110 valence electrons. The van der Waals surface area contributed by atoms with Gasteiger partial charge in [-0.25, -0.2) is 0 Å². The number of nitrogens with zero attached hydrogens (tertiary/aromatic N) is 2. The summed E-state index contributed by atoms with van der Waals surface area (Å²) in [6, 6.07) is 8.68. The lowest BCUT2D eigenvalue weighted by Crippen LogP contribution is -2.49. The molecule has 1 fully saturated rings. The number of benzene rings is 1. The Labute approximate surface area is 122 Å². The second-order valence-corrected chi connectivity index (χ2v) is 5.90. The SMILES string of the molecule is CCC(C)C(=O)N1CCN(Cc2cccc(C)c2)CC1. The molecule has 3 nitrogen and oxygen atoms in total. The van der Waals surface area contributed by atoms with Crippen LogP contribution in [0.1, 0.15) is 31.4 Å². The van der Waals surface area contributed by atoms with Crippen LogP contribution < -0.4 is 0 Å². The van der Waals surface area contributed by atoms with Gasteiger partial charge in [-0.05, 0) is 18.9 Å². The van der Waals surface area contributed by atoms with Crippen molar-refractivity contribution in [1.82, 2.24) is 9.80 Å². The number of amides is 1. The van der Waals surface area contributed by atoms with Crippen LogP contribution in [-0.4, -0.2) is 41.9 Å². The van der Waals surface area contributed by atoms with E-state index >= 15 is 0 Å². The predicted molar refractivity (Wildman–Crippen MR) is 82.5 cm³/mol. The second-order valence-electron chi connectivity index (χ2n) is 5.90. The zero-order valence-corrected chi connectivity index (χ0v) is 12.9. The molecule has 20 heavy (non-hydrogen) atoms. The zero-order valence-electron chi connectivity index (χ0n) is 12.9. The topological polar surface area (TPSA) is 23.6 Å². The number of carbonyl (C=O) groups is 1. The molecular formula is C17H26N2O. The van der Waals surface area contributed by atoms with Crippen molar-refractivity contribution < 1.29 is 4.79 Å². The third kappa shape index (κ3) is 3.83. The van der Waals surface area contributed by atoms with Crippen LogP contribution in [0.25, 0.3) is 0 Å². The van der Waals surface area contributed by atoms with E-state index in [-0.39, 0.29) is 5.92 Å². The van der Waals surface area contributed by atoms with E-state index in [2.05, 4.69) is 43.0 Å². The van der Waals surface area contributed by atoms with Crippen LogP contribution >= 0.6 is 0 Å². The summed E-state index contributed by atoms with van der Waals surface area (Å²) < 4.78 is 0.